The summed E-state index contributed by atoms with van der Waals surface area (Å²) in [6, 6.07) is 19.9. The van der Waals surface area contributed by atoms with E-state index in [0.717, 1.165) is 53.7 Å². The molecule has 0 saturated heterocycles. The Hall–Kier alpha value is -3.01. The number of hydrogen-bond donors (Lipinski definition) is 0. The quantitative estimate of drug-likeness (QED) is 0.0612. The minimum absolute atomic E-state index is 0.0615. The van der Waals surface area contributed by atoms with Gasteiger partial charge in [0.2, 0.25) is 0 Å². The molecule has 4 nitrogen and oxygen atoms in total. The highest BCUT2D eigenvalue weighted by molar-refractivity contribution is 5.90. The van der Waals surface area contributed by atoms with Crippen LogP contribution in [0.15, 0.2) is 60.7 Å². The molecular formula is C43H64O4. The first-order chi connectivity index (χ1) is 23.1. The topological polar surface area (TPSA) is 44.8 Å². The zero-order valence-corrected chi connectivity index (χ0v) is 30.0. The fourth-order valence-corrected chi connectivity index (χ4v) is 6.18. The molecule has 0 spiro atoms. The van der Waals surface area contributed by atoms with Crippen LogP contribution in [-0.4, -0.2) is 18.7 Å². The Labute approximate surface area is 287 Å². The van der Waals surface area contributed by atoms with E-state index in [1.807, 2.05) is 49.4 Å². The van der Waals surface area contributed by atoms with Crippen molar-refractivity contribution >= 4 is 16.7 Å². The van der Waals surface area contributed by atoms with E-state index in [9.17, 15) is 4.79 Å². The molecule has 1 atom stereocenters. The molecule has 260 valence electrons. The maximum absolute atomic E-state index is 12.6. The predicted molar refractivity (Wildman–Crippen MR) is 199 cm³/mol. The highest BCUT2D eigenvalue weighted by atomic mass is 16.5. The van der Waals surface area contributed by atoms with Gasteiger partial charge in [-0.3, -0.25) is 0 Å². The number of unbranched alkanes of at least 4 members (excludes halogenated alkanes) is 17. The van der Waals surface area contributed by atoms with Crippen molar-refractivity contribution in [3.63, 3.8) is 0 Å². The lowest BCUT2D eigenvalue weighted by molar-refractivity contribution is 0.0319. The maximum atomic E-state index is 12.6. The zero-order chi connectivity index (χ0) is 33.4. The normalized spacial score (nSPS) is 11.9. The van der Waals surface area contributed by atoms with Gasteiger partial charge >= 0.3 is 5.97 Å². The number of benzene rings is 3. The Morgan fingerprint density at radius 2 is 1.19 bits per heavy atom. The number of fused-ring (bicyclic) bond motifs is 1. The summed E-state index contributed by atoms with van der Waals surface area (Å²) in [4.78, 5) is 12.6. The van der Waals surface area contributed by atoms with Gasteiger partial charge in [-0.2, -0.15) is 0 Å². The number of rotatable bonds is 27. The lowest BCUT2D eigenvalue weighted by atomic mass is 10.0. The largest absolute Gasteiger partial charge is 0.494 e. The van der Waals surface area contributed by atoms with E-state index in [4.69, 9.17) is 14.2 Å². The molecule has 0 N–H and O–H groups in total. The molecule has 3 aromatic rings. The lowest BCUT2D eigenvalue weighted by Crippen LogP contribution is -2.15. The second-order valence-electron chi connectivity index (χ2n) is 13.5. The smallest absolute Gasteiger partial charge is 0.338 e. The Morgan fingerprint density at radius 3 is 1.81 bits per heavy atom. The first kappa shape index (κ1) is 38.4. The molecule has 47 heavy (non-hydrogen) atoms. The molecule has 3 rings (SSSR count). The monoisotopic (exact) mass is 644 g/mol. The molecular weight excluding hydrogens is 580 g/mol. The van der Waals surface area contributed by atoms with Gasteiger partial charge in [0, 0.05) is 5.39 Å². The van der Waals surface area contributed by atoms with E-state index in [0.29, 0.717) is 12.2 Å². The van der Waals surface area contributed by atoms with Crippen LogP contribution < -0.4 is 9.47 Å². The molecule has 0 aliphatic carbocycles. The molecule has 0 fully saturated rings. The minimum atomic E-state index is -0.257. The van der Waals surface area contributed by atoms with Crippen molar-refractivity contribution in [1.82, 2.24) is 0 Å². The van der Waals surface area contributed by atoms with Crippen LogP contribution in [0.25, 0.3) is 10.8 Å². The van der Waals surface area contributed by atoms with Gasteiger partial charge in [0.15, 0.2) is 0 Å². The molecule has 3 aromatic carbocycles. The van der Waals surface area contributed by atoms with Gasteiger partial charge in [-0.25, -0.2) is 4.79 Å². The van der Waals surface area contributed by atoms with Gasteiger partial charge in [0.25, 0.3) is 0 Å². The summed E-state index contributed by atoms with van der Waals surface area (Å²) in [5.74, 6) is 1.50. The van der Waals surface area contributed by atoms with Crippen molar-refractivity contribution in [2.75, 3.05) is 6.61 Å². The third-order valence-electron chi connectivity index (χ3n) is 9.18. The van der Waals surface area contributed by atoms with Gasteiger partial charge < -0.3 is 14.2 Å². The second kappa shape index (κ2) is 24.2. The lowest BCUT2D eigenvalue weighted by Gasteiger charge is -2.14. The summed E-state index contributed by atoms with van der Waals surface area (Å²) in [6.07, 6.45) is 26.1. The van der Waals surface area contributed by atoms with Crippen LogP contribution in [-0.2, 0) is 11.3 Å². The molecule has 0 saturated carbocycles. The molecule has 0 amide bonds. The van der Waals surface area contributed by atoms with Crippen molar-refractivity contribution in [3.05, 3.63) is 71.8 Å². The fraction of sp³-hybridized carbons (Fsp3) is 0.605. The first-order valence-corrected chi connectivity index (χ1v) is 19.2. The van der Waals surface area contributed by atoms with Crippen molar-refractivity contribution < 1.29 is 19.0 Å². The van der Waals surface area contributed by atoms with Crippen molar-refractivity contribution in [3.8, 4) is 11.5 Å². The Kier molecular flexibility index (Phi) is 19.8. The Bertz CT molecular complexity index is 1230. The summed E-state index contributed by atoms with van der Waals surface area (Å²) < 4.78 is 18.0. The highest BCUT2D eigenvalue weighted by Crippen LogP contribution is 2.29. The standard InChI is InChI=1S/C43H64O4/c1-4-6-8-10-11-12-13-14-15-16-17-18-19-20-22-33-45-40-31-32-41-39(34-40)25-23-26-42(41)46-35-37-27-29-38(30-28-37)43(44)47-36(3)24-21-9-7-5-2/h23,25-32,34,36H,4-22,24,33,35H2,1-3H3/t36-/m1/s1. The van der Waals surface area contributed by atoms with Crippen LogP contribution in [0.4, 0.5) is 0 Å². The second-order valence-corrected chi connectivity index (χ2v) is 13.5. The third kappa shape index (κ3) is 16.1. The number of hydrogen-bond acceptors (Lipinski definition) is 4. The molecule has 0 aliphatic heterocycles. The minimum Gasteiger partial charge on any atom is -0.494 e. The average molecular weight is 645 g/mol. The molecule has 4 heteroatoms. The van der Waals surface area contributed by atoms with E-state index < -0.39 is 0 Å². The van der Waals surface area contributed by atoms with Crippen LogP contribution in [0.3, 0.4) is 0 Å². The third-order valence-corrected chi connectivity index (χ3v) is 9.18. The van der Waals surface area contributed by atoms with Gasteiger partial charge in [-0.15, -0.1) is 0 Å². The van der Waals surface area contributed by atoms with E-state index in [1.54, 1.807) is 0 Å². The van der Waals surface area contributed by atoms with Crippen molar-refractivity contribution in [1.29, 1.82) is 0 Å². The van der Waals surface area contributed by atoms with E-state index >= 15 is 0 Å². The van der Waals surface area contributed by atoms with Crippen LogP contribution in [0, 0.1) is 0 Å². The molecule has 0 unspecified atom stereocenters. The Morgan fingerprint density at radius 1 is 0.617 bits per heavy atom. The molecule has 0 aliphatic rings. The number of esters is 1. The van der Waals surface area contributed by atoms with E-state index in [2.05, 4.69) is 32.0 Å². The summed E-state index contributed by atoms with van der Waals surface area (Å²) in [5, 5.41) is 2.18. The van der Waals surface area contributed by atoms with Crippen molar-refractivity contribution in [2.24, 2.45) is 0 Å². The van der Waals surface area contributed by atoms with Gasteiger partial charge in [-0.05, 0) is 73.5 Å². The average Bonchev–Trinajstić information content (AvgIpc) is 3.09. The summed E-state index contributed by atoms with van der Waals surface area (Å²) in [7, 11) is 0. The first-order valence-electron chi connectivity index (χ1n) is 19.2. The number of carbonyl (C=O) groups excluding carboxylic acids is 1. The Balaban J connectivity index is 1.29. The predicted octanol–water partition coefficient (Wildman–Crippen LogP) is 13.2. The number of carbonyl (C=O) groups is 1. The van der Waals surface area contributed by atoms with Crippen LogP contribution in [0.1, 0.15) is 165 Å². The summed E-state index contributed by atoms with van der Waals surface area (Å²) >= 11 is 0. The van der Waals surface area contributed by atoms with Crippen LogP contribution >= 0.6 is 0 Å². The van der Waals surface area contributed by atoms with Gasteiger partial charge in [-0.1, -0.05) is 147 Å². The fourth-order valence-electron chi connectivity index (χ4n) is 6.18. The van der Waals surface area contributed by atoms with Gasteiger partial charge in [0.05, 0.1) is 18.3 Å². The van der Waals surface area contributed by atoms with Gasteiger partial charge in [0.1, 0.15) is 18.1 Å². The molecule has 0 aromatic heterocycles. The SMILES string of the molecule is CCCCCCCCCCCCCCCCCOc1ccc2c(OCc3ccc(C(=O)O[C@H](C)CCCCCC)cc3)cccc2c1. The maximum Gasteiger partial charge on any atom is 0.338 e. The molecule has 0 heterocycles. The van der Waals surface area contributed by atoms with Crippen molar-refractivity contribution in [2.45, 2.75) is 162 Å². The molecule has 0 bridgehead atoms. The zero-order valence-electron chi connectivity index (χ0n) is 30.0. The molecule has 0 radical (unpaired) electrons. The summed E-state index contributed by atoms with van der Waals surface area (Å²) in [5.41, 5.74) is 1.59. The van der Waals surface area contributed by atoms with Crippen LogP contribution in [0.5, 0.6) is 11.5 Å². The summed E-state index contributed by atoms with van der Waals surface area (Å²) in [6.45, 7) is 7.66. The highest BCUT2D eigenvalue weighted by Gasteiger charge is 2.12. The number of ether oxygens (including phenoxy) is 3. The van der Waals surface area contributed by atoms with E-state index in [-0.39, 0.29) is 12.1 Å². The van der Waals surface area contributed by atoms with E-state index in [1.165, 1.54) is 109 Å². The van der Waals surface area contributed by atoms with Crippen LogP contribution in [0.2, 0.25) is 0 Å².